The minimum absolute atomic E-state index is 0.300. The molecule has 5 rings (SSSR count). The third kappa shape index (κ3) is 3.48. The number of thiazole rings is 1. The summed E-state index contributed by atoms with van der Waals surface area (Å²) in [6.07, 6.45) is 3.01. The van der Waals surface area contributed by atoms with Crippen LogP contribution in [-0.4, -0.2) is 31.2 Å². The Kier molecular flexibility index (Phi) is 4.87. The second-order valence-electron chi connectivity index (χ2n) is 7.08. The molecule has 0 bridgehead atoms. The molecule has 0 fully saturated rings. The lowest BCUT2D eigenvalue weighted by Gasteiger charge is -2.08. The first-order valence-electron chi connectivity index (χ1n) is 9.69. The van der Waals surface area contributed by atoms with Gasteiger partial charge in [-0.15, -0.1) is 11.3 Å². The van der Waals surface area contributed by atoms with Gasteiger partial charge in [-0.2, -0.15) is 0 Å². The van der Waals surface area contributed by atoms with Gasteiger partial charge >= 0.3 is 0 Å². The molecule has 7 nitrogen and oxygen atoms in total. The van der Waals surface area contributed by atoms with Crippen LogP contribution in [0.3, 0.4) is 0 Å². The number of halogens is 1. The monoisotopic (exact) mass is 445 g/mol. The van der Waals surface area contributed by atoms with Crippen molar-refractivity contribution in [3.8, 4) is 16.4 Å². The Morgan fingerprint density at radius 2 is 1.91 bits per heavy atom. The van der Waals surface area contributed by atoms with E-state index >= 15 is 0 Å². The van der Waals surface area contributed by atoms with Gasteiger partial charge in [-0.05, 0) is 37.3 Å². The molecule has 0 unspecified atom stereocenters. The molecule has 0 saturated carbocycles. The smallest absolute Gasteiger partial charge is 0.298 e. The maximum Gasteiger partial charge on any atom is 0.298 e. The van der Waals surface area contributed by atoms with E-state index in [2.05, 4.69) is 20.3 Å². The van der Waals surface area contributed by atoms with Crippen LogP contribution in [0.5, 0.6) is 0 Å². The molecule has 1 amide bonds. The van der Waals surface area contributed by atoms with Crippen molar-refractivity contribution in [1.29, 1.82) is 0 Å². The number of benzene rings is 2. The molecule has 0 spiro atoms. The van der Waals surface area contributed by atoms with Crippen LogP contribution >= 0.6 is 11.3 Å². The number of aromatic nitrogens is 4. The number of rotatable bonds is 5. The Labute approximate surface area is 185 Å². The van der Waals surface area contributed by atoms with Crippen LogP contribution in [0.2, 0.25) is 0 Å². The van der Waals surface area contributed by atoms with Crippen LogP contribution in [0.15, 0.2) is 66.3 Å². The highest BCUT2D eigenvalue weighted by Gasteiger charge is 2.22. The predicted molar refractivity (Wildman–Crippen MR) is 121 cm³/mol. The summed E-state index contributed by atoms with van der Waals surface area (Å²) in [7, 11) is 0. The maximum absolute atomic E-state index is 13.2. The summed E-state index contributed by atoms with van der Waals surface area (Å²) < 4.78 is 14.9. The number of nitrogens with one attached hydrogen (secondary N) is 2. The number of para-hydroxylation sites is 1. The third-order valence-corrected chi connectivity index (χ3v) is 5.87. The van der Waals surface area contributed by atoms with Crippen molar-refractivity contribution in [1.82, 2.24) is 19.5 Å². The normalized spacial score (nSPS) is 11.1. The zero-order chi connectivity index (χ0) is 22.2. The minimum atomic E-state index is -0.772. The number of anilines is 1. The number of aromatic amines is 1. The first-order chi connectivity index (χ1) is 15.5. The Hall–Kier alpha value is -4.11. The van der Waals surface area contributed by atoms with Crippen LogP contribution in [0, 0.1) is 12.7 Å². The van der Waals surface area contributed by atoms with E-state index in [1.54, 1.807) is 29.7 Å². The van der Waals surface area contributed by atoms with Gasteiger partial charge in [0.05, 0.1) is 17.5 Å². The molecule has 0 radical (unpaired) electrons. The Balaban J connectivity index is 1.42. The molecule has 0 atom stereocenters. The molecule has 0 aliphatic carbocycles. The van der Waals surface area contributed by atoms with E-state index < -0.39 is 11.7 Å². The first-order valence-corrected chi connectivity index (χ1v) is 10.6. The zero-order valence-corrected chi connectivity index (χ0v) is 17.6. The summed E-state index contributed by atoms with van der Waals surface area (Å²) in [5, 5.41) is 5.74. The van der Waals surface area contributed by atoms with Crippen LogP contribution in [0.25, 0.3) is 27.3 Å². The van der Waals surface area contributed by atoms with Crippen molar-refractivity contribution >= 4 is 39.7 Å². The number of ketones is 1. The number of H-pyrrole nitrogens is 1. The second kappa shape index (κ2) is 7.86. The average molecular weight is 445 g/mol. The molecule has 0 aliphatic heterocycles. The number of hydrogen-bond acceptors (Lipinski definition) is 5. The molecule has 32 heavy (non-hydrogen) atoms. The average Bonchev–Trinajstić information content (AvgIpc) is 3.52. The van der Waals surface area contributed by atoms with E-state index in [0.29, 0.717) is 33.4 Å². The summed E-state index contributed by atoms with van der Waals surface area (Å²) in [5.41, 5.74) is 2.52. The largest absolute Gasteiger partial charge is 0.360 e. The first kappa shape index (κ1) is 19.8. The molecular weight excluding hydrogens is 429 g/mol. The number of nitrogens with zero attached hydrogens (tertiary/aromatic N) is 3. The highest BCUT2D eigenvalue weighted by atomic mass is 32.1. The highest BCUT2D eigenvalue weighted by Crippen LogP contribution is 2.28. The minimum Gasteiger partial charge on any atom is -0.360 e. The van der Waals surface area contributed by atoms with Crippen LogP contribution in [-0.2, 0) is 4.79 Å². The number of amides is 1. The number of imidazole rings is 1. The lowest BCUT2D eigenvalue weighted by atomic mass is 10.1. The number of carbonyl (C=O) groups is 2. The number of carbonyl (C=O) groups excluding carboxylic acids is 2. The summed E-state index contributed by atoms with van der Waals surface area (Å²) in [5.74, 6) is -0.815. The maximum atomic E-state index is 13.2. The quantitative estimate of drug-likeness (QED) is 0.302. The molecule has 9 heteroatoms. The van der Waals surface area contributed by atoms with Gasteiger partial charge in [0.15, 0.2) is 5.13 Å². The summed E-state index contributed by atoms with van der Waals surface area (Å²) in [6.45, 7) is 1.77. The van der Waals surface area contributed by atoms with E-state index in [1.807, 2.05) is 23.6 Å². The number of Topliss-reactive ketones (excluding diaryl/α,β-unsaturated/α-hetero) is 1. The highest BCUT2D eigenvalue weighted by molar-refractivity contribution is 7.12. The standard InChI is InChI=1S/C23H16FN5O2S/c1-13-25-11-20(28-22(31)21(30)17-10-26-18-5-3-2-4-16(17)18)29(13)23-27-19(12-32-23)14-6-8-15(24)9-7-14/h2-12,26H,1H3,(H,28,31). The molecule has 2 aromatic carbocycles. The van der Waals surface area contributed by atoms with Gasteiger partial charge in [-0.3, -0.25) is 14.2 Å². The van der Waals surface area contributed by atoms with Gasteiger partial charge in [-0.25, -0.2) is 14.4 Å². The van der Waals surface area contributed by atoms with E-state index in [1.165, 1.54) is 35.9 Å². The molecule has 5 aromatic rings. The second-order valence-corrected chi connectivity index (χ2v) is 7.92. The van der Waals surface area contributed by atoms with Crippen molar-refractivity contribution in [3.63, 3.8) is 0 Å². The van der Waals surface area contributed by atoms with E-state index in [4.69, 9.17) is 0 Å². The van der Waals surface area contributed by atoms with Gasteiger partial charge in [0.2, 0.25) is 0 Å². The van der Waals surface area contributed by atoms with Crippen LogP contribution in [0.1, 0.15) is 16.2 Å². The lowest BCUT2D eigenvalue weighted by molar-refractivity contribution is -0.112. The summed E-state index contributed by atoms with van der Waals surface area (Å²) >= 11 is 1.35. The van der Waals surface area contributed by atoms with Crippen molar-refractivity contribution in [2.45, 2.75) is 6.92 Å². The van der Waals surface area contributed by atoms with Gasteiger partial charge < -0.3 is 10.3 Å². The molecule has 158 valence electrons. The molecule has 0 aliphatic rings. The van der Waals surface area contributed by atoms with E-state index in [9.17, 15) is 14.0 Å². The Bertz CT molecular complexity index is 1470. The van der Waals surface area contributed by atoms with Crippen molar-refractivity contribution in [3.05, 3.63) is 83.5 Å². The number of fused-ring (bicyclic) bond motifs is 1. The zero-order valence-electron chi connectivity index (χ0n) is 16.8. The van der Waals surface area contributed by atoms with Gasteiger partial charge in [0.1, 0.15) is 17.5 Å². The summed E-state index contributed by atoms with van der Waals surface area (Å²) in [4.78, 5) is 37.4. The van der Waals surface area contributed by atoms with Gasteiger partial charge in [0, 0.05) is 28.0 Å². The Morgan fingerprint density at radius 1 is 1.12 bits per heavy atom. The molecule has 3 aromatic heterocycles. The fraction of sp³-hybridized carbons (Fsp3) is 0.0435. The third-order valence-electron chi connectivity index (χ3n) is 5.04. The van der Waals surface area contributed by atoms with Crippen molar-refractivity contribution in [2.24, 2.45) is 0 Å². The molecule has 0 saturated heterocycles. The van der Waals surface area contributed by atoms with E-state index in [-0.39, 0.29) is 5.82 Å². The molecule has 2 N–H and O–H groups in total. The Morgan fingerprint density at radius 3 is 2.72 bits per heavy atom. The van der Waals surface area contributed by atoms with Gasteiger partial charge in [0.25, 0.3) is 11.7 Å². The van der Waals surface area contributed by atoms with Crippen molar-refractivity contribution in [2.75, 3.05) is 5.32 Å². The number of hydrogen-bond donors (Lipinski definition) is 2. The van der Waals surface area contributed by atoms with Crippen LogP contribution in [0.4, 0.5) is 10.2 Å². The van der Waals surface area contributed by atoms with Gasteiger partial charge in [-0.1, -0.05) is 18.2 Å². The fourth-order valence-corrected chi connectivity index (χ4v) is 4.34. The fourth-order valence-electron chi connectivity index (χ4n) is 3.45. The topological polar surface area (TPSA) is 92.7 Å². The number of aryl methyl sites for hydroxylation is 1. The predicted octanol–water partition coefficient (Wildman–Crippen LogP) is 4.75. The lowest BCUT2D eigenvalue weighted by Crippen LogP contribution is -2.24. The van der Waals surface area contributed by atoms with Crippen LogP contribution < -0.4 is 5.32 Å². The molecular formula is C23H16FN5O2S. The summed E-state index contributed by atoms with van der Waals surface area (Å²) in [6, 6.07) is 13.3. The SMILES string of the molecule is Cc1ncc(NC(=O)C(=O)c2c[nH]c3ccccc23)n1-c1nc(-c2ccc(F)cc2)cs1. The molecule has 3 heterocycles. The van der Waals surface area contributed by atoms with Crippen molar-refractivity contribution < 1.29 is 14.0 Å². The van der Waals surface area contributed by atoms with E-state index in [0.717, 1.165) is 11.1 Å².